The topological polar surface area (TPSA) is 58.7 Å². The standard InChI is InChI=1S/C27H24ClN3O3/c1-18(2)30(27(33)24-10-6-16-34-24)17-25(32)31-22-8-4-3-7-21(22)29-15-5-9-23(29)26(31)19-11-13-20(28)14-12-19/h3-16,18,26H,17H2,1-2H3. The van der Waals surface area contributed by atoms with E-state index in [-0.39, 0.29) is 36.2 Å². The molecule has 0 spiro atoms. The maximum absolute atomic E-state index is 14.0. The third kappa shape index (κ3) is 3.80. The van der Waals surface area contributed by atoms with Gasteiger partial charge in [0.25, 0.3) is 5.91 Å². The van der Waals surface area contributed by atoms with E-state index in [0.29, 0.717) is 5.02 Å². The minimum absolute atomic E-state index is 0.0870. The van der Waals surface area contributed by atoms with E-state index in [1.165, 1.54) is 11.2 Å². The van der Waals surface area contributed by atoms with Crippen LogP contribution in [-0.4, -0.2) is 33.9 Å². The van der Waals surface area contributed by atoms with E-state index < -0.39 is 0 Å². The van der Waals surface area contributed by atoms with Crippen molar-refractivity contribution in [2.75, 3.05) is 11.4 Å². The maximum atomic E-state index is 14.0. The normalized spacial score (nSPS) is 14.6. The molecule has 2 aromatic heterocycles. The first-order valence-corrected chi connectivity index (χ1v) is 11.5. The molecule has 172 valence electrons. The number of hydrogen-bond acceptors (Lipinski definition) is 3. The molecule has 2 amide bonds. The lowest BCUT2D eigenvalue weighted by Gasteiger charge is -2.40. The number of benzene rings is 2. The minimum atomic E-state index is -0.373. The first-order chi connectivity index (χ1) is 16.5. The molecule has 1 unspecified atom stereocenters. The molecule has 0 saturated carbocycles. The lowest BCUT2D eigenvalue weighted by atomic mass is 9.97. The summed E-state index contributed by atoms with van der Waals surface area (Å²) in [4.78, 5) is 30.4. The number of hydrogen-bond donors (Lipinski definition) is 0. The number of furan rings is 1. The molecule has 2 aromatic carbocycles. The van der Waals surface area contributed by atoms with Crippen molar-refractivity contribution in [3.8, 4) is 5.69 Å². The van der Waals surface area contributed by atoms with Gasteiger partial charge >= 0.3 is 0 Å². The van der Waals surface area contributed by atoms with Gasteiger partial charge in [-0.2, -0.15) is 0 Å². The average Bonchev–Trinajstić information content (AvgIpc) is 3.54. The predicted molar refractivity (Wildman–Crippen MR) is 131 cm³/mol. The smallest absolute Gasteiger partial charge is 0.290 e. The Morgan fingerprint density at radius 1 is 0.971 bits per heavy atom. The highest BCUT2D eigenvalue weighted by molar-refractivity contribution is 6.30. The molecule has 5 rings (SSSR count). The summed E-state index contributed by atoms with van der Waals surface area (Å²) in [5.41, 5.74) is 3.59. The van der Waals surface area contributed by atoms with E-state index in [1.807, 2.05) is 80.7 Å². The molecule has 4 aromatic rings. The van der Waals surface area contributed by atoms with Crippen molar-refractivity contribution in [2.45, 2.75) is 25.9 Å². The van der Waals surface area contributed by atoms with Gasteiger partial charge in [-0.3, -0.25) is 14.5 Å². The molecule has 7 heteroatoms. The minimum Gasteiger partial charge on any atom is -0.459 e. The van der Waals surface area contributed by atoms with Crippen LogP contribution >= 0.6 is 11.6 Å². The number of anilines is 1. The van der Waals surface area contributed by atoms with Gasteiger partial charge in [0, 0.05) is 17.3 Å². The SMILES string of the molecule is CC(C)N(CC(=O)N1c2ccccc2-n2cccc2C1c1ccc(Cl)cc1)C(=O)c1ccco1. The Bertz CT molecular complexity index is 1330. The number of rotatable bonds is 5. The molecule has 0 aliphatic carbocycles. The molecule has 0 saturated heterocycles. The van der Waals surface area contributed by atoms with Crippen molar-refractivity contribution in [3.63, 3.8) is 0 Å². The lowest BCUT2D eigenvalue weighted by Crippen LogP contribution is -2.48. The monoisotopic (exact) mass is 473 g/mol. The van der Waals surface area contributed by atoms with Crippen LogP contribution in [-0.2, 0) is 4.79 Å². The molecular weight excluding hydrogens is 450 g/mol. The van der Waals surface area contributed by atoms with E-state index in [0.717, 1.165) is 22.6 Å². The maximum Gasteiger partial charge on any atom is 0.290 e. The lowest BCUT2D eigenvalue weighted by molar-refractivity contribution is -0.120. The highest BCUT2D eigenvalue weighted by Crippen LogP contribution is 2.42. The number of para-hydroxylation sites is 2. The number of amides is 2. The Morgan fingerprint density at radius 2 is 1.71 bits per heavy atom. The van der Waals surface area contributed by atoms with Crippen molar-refractivity contribution in [1.29, 1.82) is 0 Å². The van der Waals surface area contributed by atoms with Crippen LogP contribution in [0.3, 0.4) is 0 Å². The van der Waals surface area contributed by atoms with Crippen molar-refractivity contribution in [2.24, 2.45) is 0 Å². The average molecular weight is 474 g/mol. The molecule has 1 aliphatic heterocycles. The third-order valence-electron chi connectivity index (χ3n) is 6.10. The molecule has 0 radical (unpaired) electrons. The summed E-state index contributed by atoms with van der Waals surface area (Å²) >= 11 is 6.16. The van der Waals surface area contributed by atoms with Crippen LogP contribution < -0.4 is 4.90 Å². The molecule has 6 nitrogen and oxygen atoms in total. The van der Waals surface area contributed by atoms with Gasteiger partial charge in [0.1, 0.15) is 12.6 Å². The number of carbonyl (C=O) groups excluding carboxylic acids is 2. The first kappa shape index (κ1) is 22.0. The summed E-state index contributed by atoms with van der Waals surface area (Å²) in [7, 11) is 0. The van der Waals surface area contributed by atoms with Crippen LogP contribution in [0.4, 0.5) is 5.69 Å². The Labute approximate surface area is 203 Å². The Morgan fingerprint density at radius 3 is 2.38 bits per heavy atom. The molecular formula is C27H24ClN3O3. The van der Waals surface area contributed by atoms with Crippen molar-refractivity contribution >= 4 is 29.1 Å². The van der Waals surface area contributed by atoms with Gasteiger partial charge < -0.3 is 13.9 Å². The van der Waals surface area contributed by atoms with Crippen LogP contribution in [0.5, 0.6) is 0 Å². The van der Waals surface area contributed by atoms with Gasteiger partial charge in [0.2, 0.25) is 5.91 Å². The summed E-state index contributed by atoms with van der Waals surface area (Å²) in [5, 5.41) is 0.628. The second-order valence-corrected chi connectivity index (χ2v) is 8.95. The molecule has 34 heavy (non-hydrogen) atoms. The third-order valence-corrected chi connectivity index (χ3v) is 6.35. The molecule has 0 N–H and O–H groups in total. The molecule has 3 heterocycles. The van der Waals surface area contributed by atoms with Gasteiger partial charge in [-0.25, -0.2) is 0 Å². The number of nitrogens with zero attached hydrogens (tertiary/aromatic N) is 3. The fourth-order valence-corrected chi connectivity index (χ4v) is 4.60. The van der Waals surface area contributed by atoms with Crippen LogP contribution in [0.15, 0.2) is 89.7 Å². The largest absolute Gasteiger partial charge is 0.459 e. The van der Waals surface area contributed by atoms with E-state index in [2.05, 4.69) is 4.57 Å². The Balaban J connectivity index is 1.59. The summed E-state index contributed by atoms with van der Waals surface area (Å²) < 4.78 is 7.42. The number of carbonyl (C=O) groups is 2. The van der Waals surface area contributed by atoms with Gasteiger partial charge in [0.05, 0.1) is 23.3 Å². The van der Waals surface area contributed by atoms with E-state index in [1.54, 1.807) is 17.0 Å². The van der Waals surface area contributed by atoms with E-state index in [4.69, 9.17) is 16.0 Å². The molecule has 1 atom stereocenters. The highest BCUT2D eigenvalue weighted by Gasteiger charge is 2.37. The summed E-state index contributed by atoms with van der Waals surface area (Å²) in [6, 6.07) is 22.0. The number of halogens is 1. The van der Waals surface area contributed by atoms with Crippen LogP contribution in [0.25, 0.3) is 5.69 Å². The van der Waals surface area contributed by atoms with Gasteiger partial charge in [-0.1, -0.05) is 35.9 Å². The second-order valence-electron chi connectivity index (χ2n) is 8.51. The van der Waals surface area contributed by atoms with Gasteiger partial charge in [-0.05, 0) is 67.9 Å². The molecule has 1 aliphatic rings. The van der Waals surface area contributed by atoms with Crippen molar-refractivity contribution < 1.29 is 14.0 Å². The second kappa shape index (κ2) is 8.88. The zero-order valence-corrected chi connectivity index (χ0v) is 19.6. The van der Waals surface area contributed by atoms with E-state index >= 15 is 0 Å². The number of fused-ring (bicyclic) bond motifs is 3. The van der Waals surface area contributed by atoms with Crippen molar-refractivity contribution in [1.82, 2.24) is 9.47 Å². The zero-order valence-electron chi connectivity index (χ0n) is 18.9. The number of aromatic nitrogens is 1. The summed E-state index contributed by atoms with van der Waals surface area (Å²) in [5.74, 6) is -0.290. The van der Waals surface area contributed by atoms with Gasteiger partial charge in [-0.15, -0.1) is 0 Å². The van der Waals surface area contributed by atoms with Crippen LogP contribution in [0, 0.1) is 0 Å². The highest BCUT2D eigenvalue weighted by atomic mass is 35.5. The molecule has 0 fully saturated rings. The Kier molecular flexibility index (Phi) is 5.75. The van der Waals surface area contributed by atoms with Crippen molar-refractivity contribution in [3.05, 3.63) is 107 Å². The first-order valence-electron chi connectivity index (χ1n) is 11.1. The summed E-state index contributed by atoms with van der Waals surface area (Å²) in [6.07, 6.45) is 3.46. The Hall–Kier alpha value is -3.77. The van der Waals surface area contributed by atoms with Crippen LogP contribution in [0.2, 0.25) is 5.02 Å². The predicted octanol–water partition coefficient (Wildman–Crippen LogP) is 5.71. The zero-order chi connectivity index (χ0) is 23.8. The van der Waals surface area contributed by atoms with E-state index in [9.17, 15) is 9.59 Å². The van der Waals surface area contributed by atoms with Crippen LogP contribution in [0.1, 0.15) is 41.7 Å². The fraction of sp³-hybridized carbons (Fsp3) is 0.185. The fourth-order valence-electron chi connectivity index (χ4n) is 4.48. The quantitative estimate of drug-likeness (QED) is 0.373. The molecule has 0 bridgehead atoms. The summed E-state index contributed by atoms with van der Waals surface area (Å²) in [6.45, 7) is 3.69. The van der Waals surface area contributed by atoms with Gasteiger partial charge in [0.15, 0.2) is 5.76 Å².